The third-order valence-corrected chi connectivity index (χ3v) is 3.51. The maximum Gasteiger partial charge on any atom is 0.341 e. The van der Waals surface area contributed by atoms with Crippen LogP contribution in [0.4, 0.5) is 0 Å². The average Bonchev–Trinajstić information content (AvgIpc) is 2.58. The van der Waals surface area contributed by atoms with Crippen molar-refractivity contribution in [1.29, 1.82) is 5.26 Å². The summed E-state index contributed by atoms with van der Waals surface area (Å²) in [6.07, 6.45) is 3.12. The molecule has 26 heavy (non-hydrogen) atoms. The van der Waals surface area contributed by atoms with Crippen LogP contribution in [-0.4, -0.2) is 35.7 Å². The first kappa shape index (κ1) is 19.2. The highest BCUT2D eigenvalue weighted by atomic mass is 32.1. The molecule has 1 atom stereocenters. The molecule has 1 aromatic carbocycles. The van der Waals surface area contributed by atoms with Crippen molar-refractivity contribution in [2.75, 3.05) is 13.2 Å². The van der Waals surface area contributed by atoms with Crippen molar-refractivity contribution in [2.45, 2.75) is 12.4 Å². The van der Waals surface area contributed by atoms with Gasteiger partial charge in [-0.25, -0.2) is 4.79 Å². The average molecular weight is 375 g/mol. The number of nitrogens with zero attached hydrogens (tertiary/aromatic N) is 1. The van der Waals surface area contributed by atoms with E-state index in [1.807, 2.05) is 6.07 Å². The molecule has 0 saturated carbocycles. The highest BCUT2D eigenvalue weighted by molar-refractivity contribution is 7.80. The minimum Gasteiger partial charge on any atom is -0.490 e. The predicted octanol–water partition coefficient (Wildman–Crippen LogP) is 1.27. The van der Waals surface area contributed by atoms with Gasteiger partial charge >= 0.3 is 5.97 Å². The highest BCUT2D eigenvalue weighted by Gasteiger charge is 2.23. The number of nitriles is 1. The summed E-state index contributed by atoms with van der Waals surface area (Å²) in [7, 11) is 0. The van der Waals surface area contributed by atoms with Crippen LogP contribution in [-0.2, 0) is 9.59 Å². The van der Waals surface area contributed by atoms with Crippen molar-refractivity contribution in [3.05, 3.63) is 41.1 Å². The minimum absolute atomic E-state index is 0.0829. The van der Waals surface area contributed by atoms with Crippen molar-refractivity contribution in [3.63, 3.8) is 0 Å². The van der Waals surface area contributed by atoms with Crippen LogP contribution in [0.3, 0.4) is 0 Å². The van der Waals surface area contributed by atoms with Gasteiger partial charge in [-0.15, -0.1) is 12.6 Å². The monoisotopic (exact) mass is 375 g/mol. The Labute approximate surface area is 155 Å². The molecule has 1 aromatic rings. The second-order valence-electron chi connectivity index (χ2n) is 5.04. The number of rotatable bonds is 7. The van der Waals surface area contributed by atoms with Gasteiger partial charge in [-0.1, -0.05) is 12.1 Å². The Morgan fingerprint density at radius 1 is 1.38 bits per heavy atom. The van der Waals surface area contributed by atoms with Gasteiger partial charge < -0.3 is 25.2 Å². The molecule has 9 heteroatoms. The van der Waals surface area contributed by atoms with E-state index < -0.39 is 24.0 Å². The zero-order valence-corrected chi connectivity index (χ0v) is 14.7. The van der Waals surface area contributed by atoms with Gasteiger partial charge in [-0.05, 0) is 25.1 Å². The third kappa shape index (κ3) is 4.70. The predicted molar refractivity (Wildman–Crippen MR) is 96.5 cm³/mol. The van der Waals surface area contributed by atoms with Gasteiger partial charge in [0, 0.05) is 5.56 Å². The largest absolute Gasteiger partial charge is 0.490 e. The Morgan fingerprint density at radius 2 is 2.15 bits per heavy atom. The molecule has 1 amide bonds. The number of benzene rings is 1. The number of para-hydroxylation sites is 1. The zero-order valence-electron chi connectivity index (χ0n) is 13.9. The second kappa shape index (κ2) is 8.82. The lowest BCUT2D eigenvalue weighted by Crippen LogP contribution is -2.46. The van der Waals surface area contributed by atoms with E-state index in [2.05, 4.69) is 23.3 Å². The maximum atomic E-state index is 11.8. The van der Waals surface area contributed by atoms with Gasteiger partial charge in [0.05, 0.1) is 12.3 Å². The van der Waals surface area contributed by atoms with Crippen molar-refractivity contribution in [1.82, 2.24) is 10.6 Å². The number of aliphatic carboxylic acids is 1. The molecule has 136 valence electrons. The number of carbonyl (C=O) groups is 2. The van der Waals surface area contributed by atoms with Crippen molar-refractivity contribution >= 4 is 30.6 Å². The summed E-state index contributed by atoms with van der Waals surface area (Å²) in [6, 6.07) is 6.91. The van der Waals surface area contributed by atoms with Gasteiger partial charge in [0.25, 0.3) is 5.91 Å². The lowest BCUT2D eigenvalue weighted by Gasteiger charge is -2.22. The zero-order chi connectivity index (χ0) is 19.1. The molecule has 0 saturated heterocycles. The van der Waals surface area contributed by atoms with Crippen LogP contribution in [0.5, 0.6) is 11.5 Å². The van der Waals surface area contributed by atoms with Crippen LogP contribution in [0.1, 0.15) is 12.5 Å². The standard InChI is InChI=1S/C17H17N3O5S/c1-2-24-13-5-3-4-10(15(13)25-9-14(21)22)6-7-12-11(8-18)16(23)20-17(26)19-12/h3-7,17,19,26H,2,9H2,1H3,(H,20,23)(H,21,22)/b7-6+. The van der Waals surface area contributed by atoms with E-state index in [4.69, 9.17) is 19.8 Å². The fraction of sp³-hybridized carbons (Fsp3) is 0.235. The van der Waals surface area contributed by atoms with Crippen molar-refractivity contribution in [2.24, 2.45) is 0 Å². The molecule has 0 radical (unpaired) electrons. The molecule has 1 aliphatic heterocycles. The van der Waals surface area contributed by atoms with Gasteiger partial charge in [0.2, 0.25) is 0 Å². The van der Waals surface area contributed by atoms with E-state index in [1.54, 1.807) is 31.2 Å². The van der Waals surface area contributed by atoms with E-state index in [0.29, 0.717) is 23.6 Å². The van der Waals surface area contributed by atoms with Gasteiger partial charge in [0.15, 0.2) is 18.1 Å². The van der Waals surface area contributed by atoms with Crippen LogP contribution < -0.4 is 20.1 Å². The van der Waals surface area contributed by atoms with Crippen molar-refractivity contribution in [3.8, 4) is 17.6 Å². The normalized spacial score (nSPS) is 16.7. The van der Waals surface area contributed by atoms with Gasteiger partial charge in [-0.3, -0.25) is 4.79 Å². The second-order valence-corrected chi connectivity index (χ2v) is 5.56. The van der Waals surface area contributed by atoms with Crippen LogP contribution in [0.2, 0.25) is 0 Å². The molecule has 0 fully saturated rings. The lowest BCUT2D eigenvalue weighted by atomic mass is 10.1. The van der Waals surface area contributed by atoms with Gasteiger partial charge in [0.1, 0.15) is 17.1 Å². The number of carbonyl (C=O) groups excluding carboxylic acids is 1. The molecule has 0 aromatic heterocycles. The topological polar surface area (TPSA) is 121 Å². The summed E-state index contributed by atoms with van der Waals surface area (Å²) in [5, 5.41) is 23.3. The molecule has 8 nitrogen and oxygen atoms in total. The van der Waals surface area contributed by atoms with E-state index in [1.165, 1.54) is 6.08 Å². The van der Waals surface area contributed by atoms with Crippen LogP contribution in [0, 0.1) is 11.3 Å². The molecular weight excluding hydrogens is 358 g/mol. The number of amides is 1. The van der Waals surface area contributed by atoms with Gasteiger partial charge in [-0.2, -0.15) is 5.26 Å². The Bertz CT molecular complexity index is 813. The number of nitrogens with one attached hydrogen (secondary N) is 2. The number of hydrogen-bond donors (Lipinski definition) is 4. The molecule has 0 bridgehead atoms. The molecular formula is C17H17N3O5S. The smallest absolute Gasteiger partial charge is 0.341 e. The van der Waals surface area contributed by atoms with E-state index in [9.17, 15) is 9.59 Å². The highest BCUT2D eigenvalue weighted by Crippen LogP contribution is 2.32. The molecule has 2 rings (SSSR count). The SMILES string of the molecule is CCOc1cccc(/C=C/C2=C(C#N)C(=O)NC(S)N2)c1OCC(=O)O. The first-order chi connectivity index (χ1) is 12.5. The summed E-state index contributed by atoms with van der Waals surface area (Å²) in [5.74, 6) is -0.998. The van der Waals surface area contributed by atoms with Crippen molar-refractivity contribution < 1.29 is 24.2 Å². The first-order valence-electron chi connectivity index (χ1n) is 7.64. The summed E-state index contributed by atoms with van der Waals surface area (Å²) < 4.78 is 10.8. The minimum atomic E-state index is -1.12. The fourth-order valence-electron chi connectivity index (χ4n) is 2.21. The molecule has 0 spiro atoms. The van der Waals surface area contributed by atoms with E-state index >= 15 is 0 Å². The summed E-state index contributed by atoms with van der Waals surface area (Å²) in [6.45, 7) is 1.64. The molecule has 0 aliphatic carbocycles. The molecule has 1 aliphatic rings. The lowest BCUT2D eigenvalue weighted by molar-refractivity contribution is -0.139. The molecule has 1 unspecified atom stereocenters. The number of thiol groups is 1. The van der Waals surface area contributed by atoms with Crippen LogP contribution >= 0.6 is 12.6 Å². The Hall–Kier alpha value is -3.12. The Balaban J connectivity index is 2.39. The Kier molecular flexibility index (Phi) is 6.52. The summed E-state index contributed by atoms with van der Waals surface area (Å²) in [5.41, 5.74) is 0.116. The van der Waals surface area contributed by atoms with E-state index in [-0.39, 0.29) is 11.3 Å². The van der Waals surface area contributed by atoms with Crippen LogP contribution in [0.15, 0.2) is 35.5 Å². The summed E-state index contributed by atoms with van der Waals surface area (Å²) >= 11 is 4.13. The third-order valence-electron chi connectivity index (χ3n) is 3.25. The number of ether oxygens (including phenoxy) is 2. The molecule has 1 heterocycles. The first-order valence-corrected chi connectivity index (χ1v) is 8.16. The Morgan fingerprint density at radius 3 is 2.81 bits per heavy atom. The molecule has 3 N–H and O–H groups in total. The number of carboxylic acid groups (broad SMARTS) is 1. The summed E-state index contributed by atoms with van der Waals surface area (Å²) in [4.78, 5) is 22.6. The number of carboxylic acids is 1. The van der Waals surface area contributed by atoms with E-state index in [0.717, 1.165) is 0 Å². The van der Waals surface area contributed by atoms with Crippen LogP contribution in [0.25, 0.3) is 6.08 Å². The quantitative estimate of drug-likeness (QED) is 0.530. The fourth-order valence-corrected chi connectivity index (χ4v) is 2.47. The number of hydrogen-bond acceptors (Lipinski definition) is 7. The maximum absolute atomic E-state index is 11.8. The number of allylic oxidation sites excluding steroid dienone is 1.